The molecule has 0 bridgehead atoms. The zero-order valence-corrected chi connectivity index (χ0v) is 17.8. The molecule has 1 fully saturated rings. The van der Waals surface area contributed by atoms with Gasteiger partial charge in [0.05, 0.1) is 4.90 Å². The Morgan fingerprint density at radius 3 is 2.45 bits per heavy atom. The minimum absolute atomic E-state index is 0.244. The topological polar surface area (TPSA) is 77.3 Å². The molecule has 3 aromatic rings. The summed E-state index contributed by atoms with van der Waals surface area (Å²) in [7, 11) is -3.58. The maximum atomic E-state index is 13.2. The van der Waals surface area contributed by atoms with Gasteiger partial charge in [0, 0.05) is 13.1 Å². The van der Waals surface area contributed by atoms with Gasteiger partial charge in [-0.05, 0) is 54.2 Å². The molecule has 1 aromatic heterocycles. The van der Waals surface area contributed by atoms with Gasteiger partial charge in [0.1, 0.15) is 17.6 Å². The zero-order chi connectivity index (χ0) is 20.6. The summed E-state index contributed by atoms with van der Waals surface area (Å²) >= 11 is 0. The highest BCUT2D eigenvalue weighted by molar-refractivity contribution is 7.89. The van der Waals surface area contributed by atoms with Gasteiger partial charge in [0.15, 0.2) is 0 Å². The Bertz CT molecular complexity index is 1100. The molecular weight excluding hydrogens is 388 g/mol. The Morgan fingerprint density at radius 1 is 1.07 bits per heavy atom. The van der Waals surface area contributed by atoms with Crippen molar-refractivity contribution in [2.45, 2.75) is 38.7 Å². The fourth-order valence-corrected chi connectivity index (χ4v) is 5.61. The summed E-state index contributed by atoms with van der Waals surface area (Å²) in [5.74, 6) is 0.699. The standard InChI is InChI=1S/C21H26N4O3S/c1-15-4-6-18(7-5-15)14-28-25-21-11-19(8-9-20(21)22-23-25)29(26,27)24-12-16(2)10-17(3)13-24/h4-9,11,16-17H,10,12-14H2,1-3H3/t16-,17-/m1/s1. The molecule has 1 aliphatic rings. The van der Waals surface area contributed by atoms with Crippen molar-refractivity contribution in [3.63, 3.8) is 0 Å². The molecule has 4 rings (SSSR count). The lowest BCUT2D eigenvalue weighted by Crippen LogP contribution is -2.42. The Morgan fingerprint density at radius 2 is 1.76 bits per heavy atom. The molecule has 0 spiro atoms. The van der Waals surface area contributed by atoms with Crippen molar-refractivity contribution < 1.29 is 13.3 Å². The van der Waals surface area contributed by atoms with E-state index in [2.05, 4.69) is 24.2 Å². The number of fused-ring (bicyclic) bond motifs is 1. The van der Waals surface area contributed by atoms with Crippen molar-refractivity contribution in [2.75, 3.05) is 13.1 Å². The molecule has 0 aliphatic carbocycles. The lowest BCUT2D eigenvalue weighted by Gasteiger charge is -2.34. The Kier molecular flexibility index (Phi) is 5.31. The van der Waals surface area contributed by atoms with Crippen LogP contribution in [0.3, 0.4) is 0 Å². The summed E-state index contributed by atoms with van der Waals surface area (Å²) in [5, 5.41) is 8.11. The number of nitrogens with zero attached hydrogens (tertiary/aromatic N) is 4. The van der Waals surface area contributed by atoms with Gasteiger partial charge >= 0.3 is 0 Å². The molecule has 0 amide bonds. The molecule has 0 radical (unpaired) electrons. The van der Waals surface area contributed by atoms with Crippen molar-refractivity contribution in [3.05, 3.63) is 53.6 Å². The van der Waals surface area contributed by atoms with E-state index in [9.17, 15) is 8.42 Å². The molecule has 0 N–H and O–H groups in total. The minimum Gasteiger partial charge on any atom is -0.390 e. The van der Waals surface area contributed by atoms with Crippen LogP contribution < -0.4 is 4.84 Å². The summed E-state index contributed by atoms with van der Waals surface area (Å²) < 4.78 is 28.0. The van der Waals surface area contributed by atoms with Crippen LogP contribution in [0.5, 0.6) is 0 Å². The number of benzene rings is 2. The number of hydrogen-bond donors (Lipinski definition) is 0. The van der Waals surface area contributed by atoms with Gasteiger partial charge in [-0.3, -0.25) is 0 Å². The molecule has 2 atom stereocenters. The number of piperidine rings is 1. The smallest absolute Gasteiger partial charge is 0.243 e. The molecular formula is C21H26N4O3S. The maximum absolute atomic E-state index is 13.2. The largest absolute Gasteiger partial charge is 0.390 e. The first-order chi connectivity index (χ1) is 13.8. The van der Waals surface area contributed by atoms with Crippen LogP contribution in [-0.2, 0) is 16.6 Å². The molecule has 29 heavy (non-hydrogen) atoms. The van der Waals surface area contributed by atoms with Gasteiger partial charge in [-0.2, -0.15) is 4.31 Å². The van der Waals surface area contributed by atoms with E-state index in [1.807, 2.05) is 31.2 Å². The van der Waals surface area contributed by atoms with E-state index in [1.54, 1.807) is 22.5 Å². The SMILES string of the molecule is Cc1ccc(COn2nnc3ccc(S(=O)(=O)N4C[C@H](C)C[C@@H](C)C4)cc32)cc1. The highest BCUT2D eigenvalue weighted by Crippen LogP contribution is 2.27. The van der Waals surface area contributed by atoms with Crippen molar-refractivity contribution >= 4 is 21.1 Å². The summed E-state index contributed by atoms with van der Waals surface area (Å²) in [5.41, 5.74) is 3.31. The van der Waals surface area contributed by atoms with Crippen LogP contribution in [0, 0.1) is 18.8 Å². The van der Waals surface area contributed by atoms with Crippen LogP contribution in [0.2, 0.25) is 0 Å². The van der Waals surface area contributed by atoms with Crippen molar-refractivity contribution in [1.82, 2.24) is 19.5 Å². The second kappa shape index (κ2) is 7.76. The second-order valence-corrected chi connectivity index (χ2v) is 10.1. The molecule has 154 valence electrons. The van der Waals surface area contributed by atoms with Crippen LogP contribution in [0.15, 0.2) is 47.4 Å². The molecule has 8 heteroatoms. The van der Waals surface area contributed by atoms with Gasteiger partial charge in [-0.1, -0.05) is 48.5 Å². The average molecular weight is 415 g/mol. The quantitative estimate of drug-likeness (QED) is 0.641. The van der Waals surface area contributed by atoms with Gasteiger partial charge in [-0.15, -0.1) is 5.10 Å². The van der Waals surface area contributed by atoms with E-state index >= 15 is 0 Å². The number of sulfonamides is 1. The number of aryl methyl sites for hydroxylation is 1. The van der Waals surface area contributed by atoms with Gasteiger partial charge in [0.2, 0.25) is 10.0 Å². The molecule has 0 saturated carbocycles. The highest BCUT2D eigenvalue weighted by atomic mass is 32.2. The number of aromatic nitrogens is 3. The Balaban J connectivity index is 1.60. The van der Waals surface area contributed by atoms with E-state index in [0.29, 0.717) is 42.6 Å². The molecule has 0 unspecified atom stereocenters. The highest BCUT2D eigenvalue weighted by Gasteiger charge is 2.32. The van der Waals surface area contributed by atoms with Crippen molar-refractivity contribution in [2.24, 2.45) is 11.8 Å². The Labute approximate surface area is 171 Å². The van der Waals surface area contributed by atoms with Crippen molar-refractivity contribution in [3.8, 4) is 0 Å². The first-order valence-electron chi connectivity index (χ1n) is 9.87. The first kappa shape index (κ1) is 19.8. The maximum Gasteiger partial charge on any atom is 0.243 e. The normalized spacial score (nSPS) is 20.8. The second-order valence-electron chi connectivity index (χ2n) is 8.14. The summed E-state index contributed by atoms with van der Waals surface area (Å²) in [6, 6.07) is 12.9. The Hall–Kier alpha value is -2.45. The monoisotopic (exact) mass is 414 g/mol. The lowest BCUT2D eigenvalue weighted by molar-refractivity contribution is 0.0751. The van der Waals surface area contributed by atoms with Crippen LogP contribution in [-0.4, -0.2) is 41.0 Å². The average Bonchev–Trinajstić information content (AvgIpc) is 3.09. The van der Waals surface area contributed by atoms with E-state index < -0.39 is 10.0 Å². The predicted molar refractivity (Wildman–Crippen MR) is 111 cm³/mol. The minimum atomic E-state index is -3.58. The van der Waals surface area contributed by atoms with Gasteiger partial charge in [0.25, 0.3) is 0 Å². The fraction of sp³-hybridized carbons (Fsp3) is 0.429. The zero-order valence-electron chi connectivity index (χ0n) is 16.9. The molecule has 2 aromatic carbocycles. The molecule has 1 aliphatic heterocycles. The molecule has 7 nitrogen and oxygen atoms in total. The van der Waals surface area contributed by atoms with Crippen LogP contribution in [0.1, 0.15) is 31.4 Å². The molecule has 1 saturated heterocycles. The third kappa shape index (κ3) is 4.13. The van der Waals surface area contributed by atoms with Gasteiger partial charge in [-0.25, -0.2) is 8.42 Å². The van der Waals surface area contributed by atoms with E-state index in [0.717, 1.165) is 12.0 Å². The van der Waals surface area contributed by atoms with Crippen molar-refractivity contribution in [1.29, 1.82) is 0 Å². The third-order valence-corrected chi connectivity index (χ3v) is 7.16. The van der Waals surface area contributed by atoms with Crippen LogP contribution in [0.4, 0.5) is 0 Å². The molecule has 2 heterocycles. The number of hydrogen-bond acceptors (Lipinski definition) is 5. The van der Waals surface area contributed by atoms with Crippen LogP contribution in [0.25, 0.3) is 11.0 Å². The van der Waals surface area contributed by atoms with E-state index in [-0.39, 0.29) is 4.90 Å². The predicted octanol–water partition coefficient (Wildman–Crippen LogP) is 3.04. The summed E-state index contributed by atoms with van der Waals surface area (Å²) in [4.78, 5) is 7.31. The number of rotatable bonds is 5. The fourth-order valence-electron chi connectivity index (χ4n) is 3.90. The third-order valence-electron chi connectivity index (χ3n) is 5.33. The summed E-state index contributed by atoms with van der Waals surface area (Å²) in [6.45, 7) is 7.63. The van der Waals surface area contributed by atoms with E-state index in [1.165, 1.54) is 10.4 Å². The van der Waals surface area contributed by atoms with Gasteiger partial charge < -0.3 is 4.84 Å². The first-order valence-corrected chi connectivity index (χ1v) is 11.3. The lowest BCUT2D eigenvalue weighted by atomic mass is 9.94. The summed E-state index contributed by atoms with van der Waals surface area (Å²) in [6.07, 6.45) is 1.05. The van der Waals surface area contributed by atoms with E-state index in [4.69, 9.17) is 4.84 Å². The van der Waals surface area contributed by atoms with Crippen LogP contribution >= 0.6 is 0 Å².